The maximum Gasteiger partial charge on any atom is 0.410 e. The first-order valence-corrected chi connectivity index (χ1v) is 9.35. The number of hydrogen-bond donors (Lipinski definition) is 3. The highest BCUT2D eigenvalue weighted by Gasteiger charge is 2.27. The Labute approximate surface area is 160 Å². The van der Waals surface area contributed by atoms with Crippen molar-refractivity contribution >= 4 is 29.2 Å². The van der Waals surface area contributed by atoms with Crippen molar-refractivity contribution in [2.24, 2.45) is 5.92 Å². The van der Waals surface area contributed by atoms with E-state index >= 15 is 0 Å². The summed E-state index contributed by atoms with van der Waals surface area (Å²) in [6.45, 7) is 9.75. The second-order valence-corrected chi connectivity index (χ2v) is 7.97. The lowest BCUT2D eigenvalue weighted by molar-refractivity contribution is 0.0168. The average molecular weight is 380 g/mol. The minimum absolute atomic E-state index is 0.241. The van der Waals surface area contributed by atoms with Gasteiger partial charge in [0.2, 0.25) is 0 Å². The fourth-order valence-electron chi connectivity index (χ4n) is 2.74. The van der Waals surface area contributed by atoms with Gasteiger partial charge < -0.3 is 15.0 Å². The zero-order chi connectivity index (χ0) is 19.2. The first kappa shape index (κ1) is 20.2. The second-order valence-electron chi connectivity index (χ2n) is 7.56. The maximum atomic E-state index is 12.2. The Morgan fingerprint density at radius 1 is 1.46 bits per heavy atom. The molecule has 1 aliphatic heterocycles. The summed E-state index contributed by atoms with van der Waals surface area (Å²) in [4.78, 5) is 18.2. The van der Waals surface area contributed by atoms with E-state index in [1.807, 2.05) is 39.8 Å². The van der Waals surface area contributed by atoms with Crippen LogP contribution in [-0.2, 0) is 4.74 Å². The molecule has 8 heteroatoms. The Kier molecular flexibility index (Phi) is 7.02. The van der Waals surface area contributed by atoms with Crippen molar-refractivity contribution < 1.29 is 9.53 Å². The van der Waals surface area contributed by atoms with Gasteiger partial charge in [0.25, 0.3) is 0 Å². The van der Waals surface area contributed by atoms with E-state index in [9.17, 15) is 4.79 Å². The first-order valence-electron chi connectivity index (χ1n) is 8.94. The second kappa shape index (κ2) is 9.02. The van der Waals surface area contributed by atoms with Gasteiger partial charge in [-0.25, -0.2) is 9.78 Å². The minimum Gasteiger partial charge on any atom is -0.444 e. The molecule has 1 aliphatic rings. The number of carbonyl (C=O) groups is 1. The molecule has 0 bridgehead atoms. The third kappa shape index (κ3) is 6.67. The van der Waals surface area contributed by atoms with E-state index in [1.165, 1.54) is 0 Å². The molecular weight excluding hydrogens is 350 g/mol. The van der Waals surface area contributed by atoms with Gasteiger partial charge in [-0.1, -0.05) is 6.07 Å². The monoisotopic (exact) mass is 379 g/mol. The minimum atomic E-state index is -0.469. The molecule has 0 saturated carbocycles. The highest BCUT2D eigenvalue weighted by atomic mass is 32.1. The molecule has 1 aromatic rings. The molecule has 144 valence electrons. The van der Waals surface area contributed by atoms with Gasteiger partial charge in [-0.2, -0.15) is 0 Å². The molecule has 26 heavy (non-hydrogen) atoms. The molecule has 3 N–H and O–H groups in total. The maximum absolute atomic E-state index is 12.2. The largest absolute Gasteiger partial charge is 0.444 e. The van der Waals surface area contributed by atoms with Crippen LogP contribution in [0, 0.1) is 12.8 Å². The van der Waals surface area contributed by atoms with Gasteiger partial charge in [-0.3, -0.25) is 10.9 Å². The van der Waals surface area contributed by atoms with Crippen molar-refractivity contribution in [1.29, 1.82) is 0 Å². The van der Waals surface area contributed by atoms with E-state index in [4.69, 9.17) is 17.0 Å². The Morgan fingerprint density at radius 2 is 2.23 bits per heavy atom. The fraction of sp³-hybridized carbons (Fsp3) is 0.611. The molecular formula is C18H29N5O2S. The number of aryl methyl sites for hydroxylation is 1. The van der Waals surface area contributed by atoms with Gasteiger partial charge in [-0.15, -0.1) is 0 Å². The number of thiocarbonyl (C=S) groups is 1. The van der Waals surface area contributed by atoms with E-state index in [-0.39, 0.29) is 6.09 Å². The van der Waals surface area contributed by atoms with Crippen LogP contribution in [-0.4, -0.2) is 46.3 Å². The number of piperidine rings is 1. The van der Waals surface area contributed by atoms with Crippen LogP contribution in [0.3, 0.4) is 0 Å². The van der Waals surface area contributed by atoms with Gasteiger partial charge in [0.1, 0.15) is 11.4 Å². The number of carbonyl (C=O) groups excluding carboxylic acids is 1. The molecule has 0 aliphatic carbocycles. The standard InChI is InChI=1S/C18H29N5O2S/c1-13-7-5-9-19-15(13)21-22-16(26)20-11-14-8-6-10-23(12-14)17(24)25-18(2,3)4/h5,7,9,14H,6,8,10-12H2,1-4H3,(H,19,21)(H2,20,22,26). The number of likely N-dealkylation sites (tertiary alicyclic amines) is 1. The number of hydrazine groups is 1. The number of ether oxygens (including phenoxy) is 1. The van der Waals surface area contributed by atoms with Gasteiger partial charge in [-0.05, 0) is 70.3 Å². The van der Waals surface area contributed by atoms with E-state index < -0.39 is 5.60 Å². The number of aromatic nitrogens is 1. The quantitative estimate of drug-likeness (QED) is 0.548. The van der Waals surface area contributed by atoms with Gasteiger partial charge >= 0.3 is 6.09 Å². The highest BCUT2D eigenvalue weighted by Crippen LogP contribution is 2.18. The van der Waals surface area contributed by atoms with Gasteiger partial charge in [0, 0.05) is 25.8 Å². The third-order valence-corrected chi connectivity index (χ3v) is 4.27. The molecule has 2 heterocycles. The highest BCUT2D eigenvalue weighted by molar-refractivity contribution is 7.80. The van der Waals surface area contributed by atoms with Crippen LogP contribution in [0.4, 0.5) is 10.6 Å². The van der Waals surface area contributed by atoms with Crippen molar-refractivity contribution in [1.82, 2.24) is 20.6 Å². The number of hydrogen-bond acceptors (Lipinski definition) is 5. The summed E-state index contributed by atoms with van der Waals surface area (Å²) in [7, 11) is 0. The van der Waals surface area contributed by atoms with Crippen LogP contribution in [0.1, 0.15) is 39.2 Å². The number of nitrogens with one attached hydrogen (secondary N) is 3. The summed E-state index contributed by atoms with van der Waals surface area (Å²) in [5, 5.41) is 3.71. The predicted molar refractivity (Wildman–Crippen MR) is 107 cm³/mol. The number of nitrogens with zero attached hydrogens (tertiary/aromatic N) is 2. The Morgan fingerprint density at radius 3 is 2.92 bits per heavy atom. The van der Waals surface area contributed by atoms with E-state index in [0.717, 1.165) is 30.8 Å². The van der Waals surface area contributed by atoms with Crippen LogP contribution < -0.4 is 16.2 Å². The molecule has 1 amide bonds. The fourth-order valence-corrected chi connectivity index (χ4v) is 2.87. The van der Waals surface area contributed by atoms with Gasteiger partial charge in [0.05, 0.1) is 0 Å². The molecule has 0 aromatic carbocycles. The molecule has 0 radical (unpaired) electrons. The summed E-state index contributed by atoms with van der Waals surface area (Å²) in [6.07, 6.45) is 3.51. The summed E-state index contributed by atoms with van der Waals surface area (Å²) in [5.41, 5.74) is 6.51. The van der Waals surface area contributed by atoms with Crippen molar-refractivity contribution in [3.05, 3.63) is 23.9 Å². The van der Waals surface area contributed by atoms with Crippen molar-refractivity contribution in [3.8, 4) is 0 Å². The van der Waals surface area contributed by atoms with Gasteiger partial charge in [0.15, 0.2) is 5.11 Å². The lowest BCUT2D eigenvalue weighted by Gasteiger charge is -2.34. The molecule has 7 nitrogen and oxygen atoms in total. The molecule has 1 saturated heterocycles. The lowest BCUT2D eigenvalue weighted by atomic mass is 9.98. The summed E-state index contributed by atoms with van der Waals surface area (Å²) >= 11 is 5.30. The van der Waals surface area contributed by atoms with Crippen LogP contribution in [0.25, 0.3) is 0 Å². The SMILES string of the molecule is Cc1cccnc1NNC(=S)NCC1CCCN(C(=O)OC(C)(C)C)C1. The predicted octanol–water partition coefficient (Wildman–Crippen LogP) is 2.83. The zero-order valence-corrected chi connectivity index (χ0v) is 16.8. The summed E-state index contributed by atoms with van der Waals surface area (Å²) in [5.74, 6) is 1.08. The molecule has 1 fully saturated rings. The van der Waals surface area contributed by atoms with Crippen LogP contribution in [0.2, 0.25) is 0 Å². The molecule has 2 rings (SSSR count). The van der Waals surface area contributed by atoms with Crippen molar-refractivity contribution in [2.75, 3.05) is 25.1 Å². The molecule has 1 unspecified atom stereocenters. The summed E-state index contributed by atoms with van der Waals surface area (Å²) < 4.78 is 5.46. The Bertz CT molecular complexity index is 632. The van der Waals surface area contributed by atoms with Crippen LogP contribution in [0.15, 0.2) is 18.3 Å². The number of rotatable bonds is 4. The first-order chi connectivity index (χ1) is 12.2. The Balaban J connectivity index is 1.73. The number of anilines is 1. The third-order valence-electron chi connectivity index (χ3n) is 4.03. The number of amides is 1. The molecule has 1 aromatic heterocycles. The zero-order valence-electron chi connectivity index (χ0n) is 16.0. The molecule has 1 atom stereocenters. The van der Waals surface area contributed by atoms with Crippen LogP contribution in [0.5, 0.6) is 0 Å². The topological polar surface area (TPSA) is 78.5 Å². The van der Waals surface area contributed by atoms with Crippen molar-refractivity contribution in [2.45, 2.75) is 46.1 Å². The molecule has 0 spiro atoms. The van der Waals surface area contributed by atoms with E-state index in [1.54, 1.807) is 11.1 Å². The van der Waals surface area contributed by atoms with Crippen molar-refractivity contribution in [3.63, 3.8) is 0 Å². The average Bonchev–Trinajstić information content (AvgIpc) is 2.58. The van der Waals surface area contributed by atoms with E-state index in [0.29, 0.717) is 24.1 Å². The lowest BCUT2D eigenvalue weighted by Crippen LogP contribution is -2.47. The number of pyridine rings is 1. The van der Waals surface area contributed by atoms with Crippen LogP contribution >= 0.6 is 12.2 Å². The Hall–Kier alpha value is -2.09. The summed E-state index contributed by atoms with van der Waals surface area (Å²) in [6, 6.07) is 3.86. The smallest absolute Gasteiger partial charge is 0.410 e. The van der Waals surface area contributed by atoms with E-state index in [2.05, 4.69) is 21.2 Å². The normalized spacial score (nSPS) is 17.4.